The van der Waals surface area contributed by atoms with Crippen LogP contribution in [-0.4, -0.2) is 64.3 Å². The van der Waals surface area contributed by atoms with Gasteiger partial charge in [0.1, 0.15) is 6.04 Å². The smallest absolute Gasteiger partial charge is 0.256 e. The van der Waals surface area contributed by atoms with Crippen LogP contribution in [0.25, 0.3) is 10.9 Å². The molecule has 1 aromatic carbocycles. The van der Waals surface area contributed by atoms with Crippen LogP contribution in [0.1, 0.15) is 29.6 Å². The highest BCUT2D eigenvalue weighted by molar-refractivity contribution is 6.07. The molecule has 2 fully saturated rings. The molecule has 142 valence electrons. The van der Waals surface area contributed by atoms with E-state index in [0.717, 1.165) is 17.3 Å². The molecule has 1 unspecified atom stereocenters. The highest BCUT2D eigenvalue weighted by Crippen LogP contribution is 2.22. The number of nitrogens with one attached hydrogen (secondary N) is 1. The first-order valence-electron chi connectivity index (χ1n) is 9.46. The average Bonchev–Trinajstić information content (AvgIpc) is 3.15. The third kappa shape index (κ3) is 3.29. The van der Waals surface area contributed by atoms with Crippen molar-refractivity contribution in [2.45, 2.75) is 25.3 Å². The van der Waals surface area contributed by atoms with Crippen LogP contribution < -0.4 is 5.32 Å². The van der Waals surface area contributed by atoms with Crippen molar-refractivity contribution >= 4 is 28.6 Å². The van der Waals surface area contributed by atoms with Gasteiger partial charge in [-0.2, -0.15) is 0 Å². The van der Waals surface area contributed by atoms with E-state index in [4.69, 9.17) is 0 Å². The zero-order valence-corrected chi connectivity index (χ0v) is 15.5. The largest absolute Gasteiger partial charge is 0.350 e. The van der Waals surface area contributed by atoms with Crippen molar-refractivity contribution in [3.8, 4) is 0 Å². The molecule has 2 saturated heterocycles. The van der Waals surface area contributed by atoms with Crippen molar-refractivity contribution in [3.63, 3.8) is 0 Å². The minimum atomic E-state index is -0.405. The van der Waals surface area contributed by atoms with Crippen molar-refractivity contribution in [2.75, 3.05) is 26.2 Å². The van der Waals surface area contributed by atoms with Crippen molar-refractivity contribution in [1.29, 1.82) is 0 Å². The summed E-state index contributed by atoms with van der Waals surface area (Å²) >= 11 is 0. The molecule has 2 aliphatic heterocycles. The SMILES string of the molecule is Cn1cc(C(=O)N2CCCN(C(=O)C3CCC(=O)N3)CC2)c2ccccc21. The van der Waals surface area contributed by atoms with Crippen LogP contribution >= 0.6 is 0 Å². The van der Waals surface area contributed by atoms with Gasteiger partial charge in [0.2, 0.25) is 11.8 Å². The third-order valence-corrected chi connectivity index (χ3v) is 5.52. The molecular weight excluding hydrogens is 344 g/mol. The Kier molecular flexibility index (Phi) is 4.59. The molecule has 7 heteroatoms. The van der Waals surface area contributed by atoms with E-state index in [-0.39, 0.29) is 17.7 Å². The second kappa shape index (κ2) is 7.06. The van der Waals surface area contributed by atoms with Crippen LogP contribution in [0, 0.1) is 0 Å². The van der Waals surface area contributed by atoms with Crippen LogP contribution in [0.4, 0.5) is 0 Å². The fourth-order valence-corrected chi connectivity index (χ4v) is 4.04. The fourth-order valence-electron chi connectivity index (χ4n) is 4.04. The second-order valence-electron chi connectivity index (χ2n) is 7.30. The summed E-state index contributed by atoms with van der Waals surface area (Å²) in [6.07, 6.45) is 3.60. The van der Waals surface area contributed by atoms with Crippen molar-refractivity contribution in [1.82, 2.24) is 19.7 Å². The first kappa shape index (κ1) is 17.6. The summed E-state index contributed by atoms with van der Waals surface area (Å²) in [5.41, 5.74) is 1.74. The molecule has 0 bridgehead atoms. The number of rotatable bonds is 2. The van der Waals surface area contributed by atoms with Gasteiger partial charge in [-0.1, -0.05) is 18.2 Å². The lowest BCUT2D eigenvalue weighted by Gasteiger charge is -2.24. The number of amides is 3. The van der Waals surface area contributed by atoms with Gasteiger partial charge in [-0.3, -0.25) is 14.4 Å². The van der Waals surface area contributed by atoms with Gasteiger partial charge in [-0.15, -0.1) is 0 Å². The Morgan fingerprint density at radius 2 is 1.81 bits per heavy atom. The standard InChI is InChI=1S/C20H24N4O3/c1-22-13-15(14-5-2-3-6-17(14)22)19(26)23-9-4-10-24(12-11-23)20(27)16-7-8-18(25)21-16/h2-3,5-6,13,16H,4,7-12H2,1H3,(H,21,25). The van der Waals surface area contributed by atoms with E-state index < -0.39 is 6.04 Å². The highest BCUT2D eigenvalue weighted by Gasteiger charge is 2.32. The van der Waals surface area contributed by atoms with E-state index in [1.54, 1.807) is 4.90 Å². The summed E-state index contributed by atoms with van der Waals surface area (Å²) in [6.45, 7) is 2.25. The number of para-hydroxylation sites is 1. The van der Waals surface area contributed by atoms with Crippen LogP contribution in [0.15, 0.2) is 30.5 Å². The lowest BCUT2D eigenvalue weighted by Crippen LogP contribution is -2.46. The number of carbonyl (C=O) groups is 3. The monoisotopic (exact) mass is 368 g/mol. The Morgan fingerprint density at radius 1 is 1.07 bits per heavy atom. The zero-order valence-electron chi connectivity index (χ0n) is 15.5. The summed E-state index contributed by atoms with van der Waals surface area (Å²) in [4.78, 5) is 40.7. The summed E-state index contributed by atoms with van der Waals surface area (Å²) in [7, 11) is 1.94. The topological polar surface area (TPSA) is 74.7 Å². The summed E-state index contributed by atoms with van der Waals surface area (Å²) in [5, 5.41) is 3.70. The normalized spacial score (nSPS) is 20.6. The molecule has 0 spiro atoms. The molecule has 0 saturated carbocycles. The van der Waals surface area contributed by atoms with Gasteiger partial charge in [0.05, 0.1) is 5.56 Å². The Balaban J connectivity index is 1.47. The van der Waals surface area contributed by atoms with E-state index in [2.05, 4.69) is 5.32 Å². The Bertz CT molecular complexity index is 904. The van der Waals surface area contributed by atoms with Gasteiger partial charge in [-0.25, -0.2) is 0 Å². The number of aromatic nitrogens is 1. The molecule has 3 amide bonds. The molecule has 1 aromatic heterocycles. The lowest BCUT2D eigenvalue weighted by atomic mass is 10.1. The number of nitrogens with zero attached hydrogens (tertiary/aromatic N) is 3. The van der Waals surface area contributed by atoms with E-state index in [1.165, 1.54) is 0 Å². The minimum Gasteiger partial charge on any atom is -0.350 e. The molecule has 27 heavy (non-hydrogen) atoms. The molecule has 2 aliphatic rings. The van der Waals surface area contributed by atoms with Gasteiger partial charge < -0.3 is 19.7 Å². The van der Waals surface area contributed by atoms with Crippen LogP contribution in [0.5, 0.6) is 0 Å². The van der Waals surface area contributed by atoms with Crippen molar-refractivity contribution < 1.29 is 14.4 Å². The first-order chi connectivity index (χ1) is 13.0. The van der Waals surface area contributed by atoms with E-state index in [0.29, 0.717) is 44.6 Å². The average molecular weight is 368 g/mol. The molecule has 0 aliphatic carbocycles. The predicted molar refractivity (Wildman–Crippen MR) is 101 cm³/mol. The van der Waals surface area contributed by atoms with Gasteiger partial charge in [-0.05, 0) is 18.9 Å². The molecule has 1 N–H and O–H groups in total. The van der Waals surface area contributed by atoms with Crippen molar-refractivity contribution in [2.24, 2.45) is 7.05 Å². The van der Waals surface area contributed by atoms with Gasteiger partial charge >= 0.3 is 0 Å². The predicted octanol–water partition coefficient (Wildman–Crippen LogP) is 1.13. The number of carbonyl (C=O) groups excluding carboxylic acids is 3. The summed E-state index contributed by atoms with van der Waals surface area (Å²) in [5.74, 6) is -0.0773. The van der Waals surface area contributed by atoms with Gasteiger partial charge in [0, 0.05) is 56.7 Å². The molecule has 2 aromatic rings. The van der Waals surface area contributed by atoms with Crippen LogP contribution in [0.3, 0.4) is 0 Å². The Labute approximate surface area is 157 Å². The quantitative estimate of drug-likeness (QED) is 0.864. The van der Waals surface area contributed by atoms with Crippen LogP contribution in [-0.2, 0) is 16.6 Å². The maximum absolute atomic E-state index is 13.1. The molecule has 3 heterocycles. The molecule has 1 atom stereocenters. The number of hydrogen-bond acceptors (Lipinski definition) is 3. The van der Waals surface area contributed by atoms with E-state index in [1.807, 2.05) is 47.0 Å². The molecule has 4 rings (SSSR count). The van der Waals surface area contributed by atoms with Gasteiger partial charge in [0.25, 0.3) is 5.91 Å². The molecular formula is C20H24N4O3. The first-order valence-corrected chi connectivity index (χ1v) is 9.46. The lowest BCUT2D eigenvalue weighted by molar-refractivity contribution is -0.134. The van der Waals surface area contributed by atoms with Gasteiger partial charge in [0.15, 0.2) is 0 Å². The minimum absolute atomic E-state index is 0.00951. The Hall–Kier alpha value is -2.83. The maximum atomic E-state index is 13.1. The third-order valence-electron chi connectivity index (χ3n) is 5.52. The highest BCUT2D eigenvalue weighted by atomic mass is 16.2. The molecule has 7 nitrogen and oxygen atoms in total. The zero-order chi connectivity index (χ0) is 19.0. The number of benzene rings is 1. The number of fused-ring (bicyclic) bond motifs is 1. The number of hydrogen-bond donors (Lipinski definition) is 1. The fraction of sp³-hybridized carbons (Fsp3) is 0.450. The summed E-state index contributed by atoms with van der Waals surface area (Å²) in [6, 6.07) is 7.48. The van der Waals surface area contributed by atoms with Crippen molar-refractivity contribution in [3.05, 3.63) is 36.0 Å². The maximum Gasteiger partial charge on any atom is 0.256 e. The van der Waals surface area contributed by atoms with E-state index in [9.17, 15) is 14.4 Å². The van der Waals surface area contributed by atoms with Crippen LogP contribution in [0.2, 0.25) is 0 Å². The van der Waals surface area contributed by atoms with E-state index >= 15 is 0 Å². The summed E-state index contributed by atoms with van der Waals surface area (Å²) < 4.78 is 1.97. The number of aryl methyl sites for hydroxylation is 1. The Morgan fingerprint density at radius 3 is 2.59 bits per heavy atom. The molecule has 0 radical (unpaired) electrons. The second-order valence-corrected chi connectivity index (χ2v) is 7.30.